The largest absolute Gasteiger partial charge is 0.293 e. The summed E-state index contributed by atoms with van der Waals surface area (Å²) in [5.74, 6) is 0.850. The first-order valence-corrected chi connectivity index (χ1v) is 9.22. The Balaban J connectivity index is 1.76. The van der Waals surface area contributed by atoms with Gasteiger partial charge in [0, 0.05) is 11.6 Å². The Morgan fingerprint density at radius 2 is 1.52 bits per heavy atom. The average molecular weight is 285 g/mol. The molecular formula is C20H31N. The van der Waals surface area contributed by atoms with Crippen LogP contribution in [0.5, 0.6) is 0 Å². The highest BCUT2D eigenvalue weighted by molar-refractivity contribution is 5.67. The fraction of sp³-hybridized carbons (Fsp3) is 0.750. The van der Waals surface area contributed by atoms with Crippen LogP contribution in [0.15, 0.2) is 29.3 Å². The minimum absolute atomic E-state index is 0.399. The van der Waals surface area contributed by atoms with Crippen molar-refractivity contribution in [3.05, 3.63) is 24.3 Å². The van der Waals surface area contributed by atoms with E-state index < -0.39 is 0 Å². The first kappa shape index (κ1) is 15.1. The Hall–Kier alpha value is -0.850. The third-order valence-electron chi connectivity index (χ3n) is 5.82. The van der Waals surface area contributed by atoms with Crippen LogP contribution in [0.2, 0.25) is 0 Å². The predicted octanol–water partition coefficient (Wildman–Crippen LogP) is 5.86. The van der Waals surface area contributed by atoms with Crippen molar-refractivity contribution in [1.82, 2.24) is 0 Å². The van der Waals surface area contributed by atoms with Crippen molar-refractivity contribution in [1.29, 1.82) is 0 Å². The van der Waals surface area contributed by atoms with Gasteiger partial charge in [0.15, 0.2) is 0 Å². The summed E-state index contributed by atoms with van der Waals surface area (Å²) < 4.78 is 0. The topological polar surface area (TPSA) is 12.4 Å². The van der Waals surface area contributed by atoms with Crippen molar-refractivity contribution in [2.45, 2.75) is 83.1 Å². The molecule has 1 heterocycles. The second-order valence-corrected chi connectivity index (χ2v) is 7.42. The zero-order valence-corrected chi connectivity index (χ0v) is 13.5. The molecule has 2 fully saturated rings. The Kier molecular flexibility index (Phi) is 5.32. The third kappa shape index (κ3) is 4.08. The molecule has 3 rings (SSSR count). The first-order chi connectivity index (χ1) is 10.4. The van der Waals surface area contributed by atoms with Crippen LogP contribution >= 0.6 is 0 Å². The van der Waals surface area contributed by atoms with E-state index in [-0.39, 0.29) is 0 Å². The molecule has 1 heteroatoms. The number of nitrogens with zero attached hydrogens (tertiary/aromatic N) is 1. The molecule has 0 bridgehead atoms. The van der Waals surface area contributed by atoms with Gasteiger partial charge in [-0.1, -0.05) is 50.0 Å². The summed E-state index contributed by atoms with van der Waals surface area (Å²) >= 11 is 0. The SMILES string of the molecule is C1=C/CC(C2CCCC2)/N=C/C2(C/C=C/CC/1)CCCC2. The van der Waals surface area contributed by atoms with Crippen LogP contribution in [0.1, 0.15) is 77.0 Å². The van der Waals surface area contributed by atoms with Crippen LogP contribution in [0.25, 0.3) is 0 Å². The van der Waals surface area contributed by atoms with Gasteiger partial charge >= 0.3 is 0 Å². The molecule has 21 heavy (non-hydrogen) atoms. The molecule has 0 amide bonds. The maximum Gasteiger partial charge on any atom is 0.0558 e. The van der Waals surface area contributed by atoms with Gasteiger partial charge in [0.1, 0.15) is 0 Å². The van der Waals surface area contributed by atoms with Crippen LogP contribution in [0.3, 0.4) is 0 Å². The van der Waals surface area contributed by atoms with E-state index in [1.807, 2.05) is 0 Å². The molecule has 3 aliphatic rings. The molecule has 0 N–H and O–H groups in total. The van der Waals surface area contributed by atoms with E-state index in [1.165, 1.54) is 77.0 Å². The summed E-state index contributed by atoms with van der Waals surface area (Å²) in [5, 5.41) is 0. The van der Waals surface area contributed by atoms with Crippen LogP contribution in [-0.4, -0.2) is 12.3 Å². The lowest BCUT2D eigenvalue weighted by atomic mass is 9.83. The molecule has 1 atom stereocenters. The molecule has 1 unspecified atom stereocenters. The van der Waals surface area contributed by atoms with Gasteiger partial charge in [-0.25, -0.2) is 0 Å². The predicted molar refractivity (Wildman–Crippen MR) is 91.9 cm³/mol. The molecule has 0 aromatic carbocycles. The fourth-order valence-electron chi connectivity index (χ4n) is 4.42. The van der Waals surface area contributed by atoms with Gasteiger partial charge < -0.3 is 0 Å². The Labute approximate surface area is 130 Å². The summed E-state index contributed by atoms with van der Waals surface area (Å²) in [7, 11) is 0. The van der Waals surface area contributed by atoms with Crippen LogP contribution in [-0.2, 0) is 0 Å². The van der Waals surface area contributed by atoms with Gasteiger partial charge in [0.25, 0.3) is 0 Å². The smallest absolute Gasteiger partial charge is 0.0558 e. The minimum Gasteiger partial charge on any atom is -0.293 e. The summed E-state index contributed by atoms with van der Waals surface area (Å²) in [6, 6.07) is 0.560. The highest BCUT2D eigenvalue weighted by Crippen LogP contribution is 2.41. The van der Waals surface area contributed by atoms with Crippen molar-refractivity contribution >= 4 is 6.21 Å². The van der Waals surface area contributed by atoms with E-state index in [9.17, 15) is 0 Å². The number of hydrogen-bond acceptors (Lipinski definition) is 1. The number of allylic oxidation sites excluding steroid dienone is 3. The Morgan fingerprint density at radius 1 is 0.810 bits per heavy atom. The zero-order valence-electron chi connectivity index (χ0n) is 13.5. The highest BCUT2D eigenvalue weighted by Gasteiger charge is 2.32. The van der Waals surface area contributed by atoms with E-state index in [2.05, 4.69) is 30.5 Å². The molecule has 116 valence electrons. The normalized spacial score (nSPS) is 35.1. The van der Waals surface area contributed by atoms with Gasteiger partial charge in [0.05, 0.1) is 6.04 Å². The monoisotopic (exact) mass is 285 g/mol. The van der Waals surface area contributed by atoms with Crippen molar-refractivity contribution in [3.63, 3.8) is 0 Å². The molecule has 2 aliphatic carbocycles. The molecule has 1 spiro atoms. The van der Waals surface area contributed by atoms with E-state index >= 15 is 0 Å². The molecule has 0 aromatic heterocycles. The summed E-state index contributed by atoms with van der Waals surface area (Å²) in [6.45, 7) is 0. The molecule has 0 radical (unpaired) electrons. The van der Waals surface area contributed by atoms with Crippen LogP contribution < -0.4 is 0 Å². The van der Waals surface area contributed by atoms with Crippen molar-refractivity contribution in [2.75, 3.05) is 0 Å². The van der Waals surface area contributed by atoms with E-state index in [1.54, 1.807) is 0 Å². The molecule has 0 aromatic rings. The lowest BCUT2D eigenvalue weighted by Crippen LogP contribution is -2.22. The standard InChI is InChI=1S/C20H31N/c1-2-4-8-14-20(15-9-10-16-20)17-21-19(13-5-3-1)18-11-6-7-12-18/h3-5,8,17-19H,1-2,6-7,9-16H2/b5-3+,8-4+,21-17+. The van der Waals surface area contributed by atoms with E-state index in [4.69, 9.17) is 4.99 Å². The maximum absolute atomic E-state index is 5.16. The first-order valence-electron chi connectivity index (χ1n) is 9.22. The van der Waals surface area contributed by atoms with Gasteiger partial charge in [-0.3, -0.25) is 4.99 Å². The molecule has 1 aliphatic heterocycles. The molecule has 1 nitrogen and oxygen atoms in total. The third-order valence-corrected chi connectivity index (χ3v) is 5.82. The van der Waals surface area contributed by atoms with Crippen LogP contribution in [0.4, 0.5) is 0 Å². The second kappa shape index (κ2) is 7.42. The number of hydrogen-bond donors (Lipinski definition) is 0. The van der Waals surface area contributed by atoms with E-state index in [0.717, 1.165) is 5.92 Å². The maximum atomic E-state index is 5.16. The molecule has 0 saturated heterocycles. The second-order valence-electron chi connectivity index (χ2n) is 7.42. The van der Waals surface area contributed by atoms with Gasteiger partial charge in [0.2, 0.25) is 0 Å². The lowest BCUT2D eigenvalue weighted by molar-refractivity contribution is 0.417. The summed E-state index contributed by atoms with van der Waals surface area (Å²) in [4.78, 5) is 5.16. The van der Waals surface area contributed by atoms with Gasteiger partial charge in [-0.15, -0.1) is 0 Å². The van der Waals surface area contributed by atoms with Crippen molar-refractivity contribution in [2.24, 2.45) is 16.3 Å². The Morgan fingerprint density at radius 3 is 2.29 bits per heavy atom. The summed E-state index contributed by atoms with van der Waals surface area (Å²) in [5.41, 5.74) is 0.399. The fourth-order valence-corrected chi connectivity index (χ4v) is 4.42. The van der Waals surface area contributed by atoms with Crippen molar-refractivity contribution < 1.29 is 0 Å². The Bertz CT molecular complexity index is 392. The molecule has 2 saturated carbocycles. The van der Waals surface area contributed by atoms with E-state index in [0.29, 0.717) is 11.5 Å². The van der Waals surface area contributed by atoms with Gasteiger partial charge in [-0.05, 0) is 57.3 Å². The molecular weight excluding hydrogens is 254 g/mol. The van der Waals surface area contributed by atoms with Crippen LogP contribution in [0, 0.1) is 11.3 Å². The van der Waals surface area contributed by atoms with Crippen molar-refractivity contribution in [3.8, 4) is 0 Å². The zero-order chi connectivity index (χ0) is 14.4. The van der Waals surface area contributed by atoms with Gasteiger partial charge in [-0.2, -0.15) is 0 Å². The lowest BCUT2D eigenvalue weighted by Gasteiger charge is -2.25. The average Bonchev–Trinajstić information content (AvgIpc) is 3.16. The summed E-state index contributed by atoms with van der Waals surface area (Å²) in [6.07, 6.45) is 27.9. The quantitative estimate of drug-likeness (QED) is 0.535. The minimum atomic E-state index is 0.399. The number of aliphatic imine (C=N–C) groups is 1. The highest BCUT2D eigenvalue weighted by atomic mass is 14.8. The number of rotatable bonds is 1.